The molecular weight excluding hydrogens is 256 g/mol. The van der Waals surface area contributed by atoms with Gasteiger partial charge >= 0.3 is 0 Å². The predicted octanol–water partition coefficient (Wildman–Crippen LogP) is 3.40. The summed E-state index contributed by atoms with van der Waals surface area (Å²) >= 11 is 7.34. The molecule has 1 aliphatic rings. The van der Waals surface area contributed by atoms with E-state index in [1.54, 1.807) is 6.08 Å². The molecule has 2 rings (SSSR count). The molecule has 0 unspecified atom stereocenters. The zero-order valence-electron chi connectivity index (χ0n) is 9.45. The molecule has 1 saturated heterocycles. The Morgan fingerprint density at radius 3 is 2.88 bits per heavy atom. The van der Waals surface area contributed by atoms with Gasteiger partial charge in [-0.2, -0.15) is 0 Å². The first kappa shape index (κ1) is 12.2. The van der Waals surface area contributed by atoms with Crippen LogP contribution in [-0.4, -0.2) is 11.1 Å². The lowest BCUT2D eigenvalue weighted by atomic mass is 10.2. The molecule has 1 fully saturated rings. The van der Waals surface area contributed by atoms with Crippen LogP contribution in [0.5, 0.6) is 0 Å². The lowest BCUT2D eigenvalue weighted by Gasteiger charge is -2.02. The van der Waals surface area contributed by atoms with Crippen molar-refractivity contribution in [3.05, 3.63) is 39.8 Å². The highest BCUT2D eigenvalue weighted by molar-refractivity contribution is 8.18. The molecule has 17 heavy (non-hydrogen) atoms. The van der Waals surface area contributed by atoms with Crippen LogP contribution in [0.15, 0.2) is 34.2 Å². The van der Waals surface area contributed by atoms with Gasteiger partial charge in [-0.25, -0.2) is 4.99 Å². The zero-order valence-corrected chi connectivity index (χ0v) is 11.0. The van der Waals surface area contributed by atoms with E-state index in [2.05, 4.69) is 10.3 Å². The van der Waals surface area contributed by atoms with E-state index in [9.17, 15) is 4.79 Å². The van der Waals surface area contributed by atoms with E-state index in [0.29, 0.717) is 15.1 Å². The summed E-state index contributed by atoms with van der Waals surface area (Å²) in [5, 5.41) is 3.98. The van der Waals surface area contributed by atoms with Crippen molar-refractivity contribution in [2.24, 2.45) is 4.99 Å². The van der Waals surface area contributed by atoms with Gasteiger partial charge in [0, 0.05) is 5.02 Å². The third-order valence-electron chi connectivity index (χ3n) is 2.37. The number of carbonyl (C=O) groups is 1. The molecule has 0 atom stereocenters. The van der Waals surface area contributed by atoms with Gasteiger partial charge in [-0.05, 0) is 43.3 Å². The molecule has 88 valence electrons. The third-order valence-corrected chi connectivity index (χ3v) is 3.81. The summed E-state index contributed by atoms with van der Waals surface area (Å²) in [6.07, 6.45) is 1.77. The van der Waals surface area contributed by atoms with Crippen LogP contribution in [0.4, 0.5) is 5.69 Å². The lowest BCUT2D eigenvalue weighted by Crippen LogP contribution is -2.19. The van der Waals surface area contributed by atoms with Crippen LogP contribution in [0.1, 0.15) is 12.5 Å². The van der Waals surface area contributed by atoms with Crippen molar-refractivity contribution >= 4 is 40.1 Å². The second-order valence-corrected chi connectivity index (χ2v) is 4.95. The third kappa shape index (κ3) is 2.53. The SMILES string of the molecule is C/C=C1\SC(=Nc2cccc(Cl)c2C)NC1=O. The number of carbonyl (C=O) groups excluding carboxylic acids is 1. The molecule has 0 spiro atoms. The number of benzene rings is 1. The normalized spacial score (nSPS) is 20.1. The number of hydrogen-bond acceptors (Lipinski definition) is 3. The Kier molecular flexibility index (Phi) is 3.54. The Bertz CT molecular complexity index is 537. The van der Waals surface area contributed by atoms with Crippen molar-refractivity contribution in [2.45, 2.75) is 13.8 Å². The largest absolute Gasteiger partial charge is 0.300 e. The van der Waals surface area contributed by atoms with Crippen LogP contribution in [-0.2, 0) is 4.79 Å². The Morgan fingerprint density at radius 2 is 2.24 bits per heavy atom. The number of halogens is 1. The highest BCUT2D eigenvalue weighted by Gasteiger charge is 2.22. The summed E-state index contributed by atoms with van der Waals surface area (Å²) in [6.45, 7) is 3.73. The maximum Gasteiger partial charge on any atom is 0.263 e. The van der Waals surface area contributed by atoms with Crippen LogP contribution in [0.2, 0.25) is 5.02 Å². The number of nitrogens with one attached hydrogen (secondary N) is 1. The maximum absolute atomic E-state index is 11.5. The summed E-state index contributed by atoms with van der Waals surface area (Å²) in [6, 6.07) is 5.53. The van der Waals surface area contributed by atoms with Crippen molar-refractivity contribution in [3.63, 3.8) is 0 Å². The Morgan fingerprint density at radius 1 is 1.47 bits per heavy atom. The first-order chi connectivity index (χ1) is 8.11. The number of amides is 1. The monoisotopic (exact) mass is 266 g/mol. The van der Waals surface area contributed by atoms with Crippen molar-refractivity contribution in [1.82, 2.24) is 5.32 Å². The molecule has 1 aromatic carbocycles. The molecule has 0 radical (unpaired) electrons. The molecule has 0 aromatic heterocycles. The van der Waals surface area contributed by atoms with Crippen LogP contribution < -0.4 is 5.32 Å². The minimum atomic E-state index is -0.101. The second-order valence-electron chi connectivity index (χ2n) is 3.51. The number of hydrogen-bond donors (Lipinski definition) is 1. The Hall–Kier alpha value is -1.26. The highest BCUT2D eigenvalue weighted by Crippen LogP contribution is 2.29. The minimum absolute atomic E-state index is 0.101. The standard InChI is InChI=1S/C12H11ClN2OS/c1-3-10-11(16)15-12(17-10)14-9-6-4-5-8(13)7(9)2/h3-6H,1-2H3,(H,14,15,16)/b10-3-. The fraction of sp³-hybridized carbons (Fsp3) is 0.167. The van der Waals surface area contributed by atoms with E-state index in [0.717, 1.165) is 11.3 Å². The number of nitrogens with zero attached hydrogens (tertiary/aromatic N) is 1. The summed E-state index contributed by atoms with van der Waals surface area (Å²) in [4.78, 5) is 16.5. The molecule has 1 N–H and O–H groups in total. The number of allylic oxidation sites excluding steroid dienone is 1. The fourth-order valence-electron chi connectivity index (χ4n) is 1.40. The Balaban J connectivity index is 2.33. The molecule has 5 heteroatoms. The van der Waals surface area contributed by atoms with Gasteiger partial charge in [0.05, 0.1) is 10.6 Å². The number of aliphatic imine (C=N–C) groups is 1. The van der Waals surface area contributed by atoms with Crippen molar-refractivity contribution < 1.29 is 4.79 Å². The number of thioether (sulfide) groups is 1. The summed E-state index contributed by atoms with van der Waals surface area (Å²) in [7, 11) is 0. The molecule has 1 aromatic rings. The van der Waals surface area contributed by atoms with Gasteiger partial charge in [0.25, 0.3) is 5.91 Å². The first-order valence-electron chi connectivity index (χ1n) is 5.11. The zero-order chi connectivity index (χ0) is 12.4. The van der Waals surface area contributed by atoms with E-state index < -0.39 is 0 Å². The van der Waals surface area contributed by atoms with E-state index in [4.69, 9.17) is 11.6 Å². The molecular formula is C12H11ClN2OS. The molecule has 1 heterocycles. The smallest absolute Gasteiger partial charge is 0.263 e. The van der Waals surface area contributed by atoms with E-state index in [1.165, 1.54) is 11.8 Å². The van der Waals surface area contributed by atoms with Gasteiger partial charge in [0.1, 0.15) is 0 Å². The van der Waals surface area contributed by atoms with Crippen LogP contribution >= 0.6 is 23.4 Å². The van der Waals surface area contributed by atoms with Crippen molar-refractivity contribution in [3.8, 4) is 0 Å². The summed E-state index contributed by atoms with van der Waals surface area (Å²) in [5.41, 5.74) is 1.68. The van der Waals surface area contributed by atoms with Crippen LogP contribution in [0.3, 0.4) is 0 Å². The average Bonchev–Trinajstić information content (AvgIpc) is 2.65. The molecule has 0 bridgehead atoms. The Labute approximate surface area is 109 Å². The molecule has 0 aliphatic carbocycles. The van der Waals surface area contributed by atoms with Gasteiger partial charge < -0.3 is 5.32 Å². The van der Waals surface area contributed by atoms with Gasteiger partial charge in [-0.15, -0.1) is 0 Å². The molecule has 0 saturated carbocycles. The van der Waals surface area contributed by atoms with Crippen molar-refractivity contribution in [1.29, 1.82) is 0 Å². The van der Waals surface area contributed by atoms with E-state index in [1.807, 2.05) is 32.0 Å². The fourth-order valence-corrected chi connectivity index (χ4v) is 2.33. The summed E-state index contributed by atoms with van der Waals surface area (Å²) in [5.74, 6) is -0.101. The van der Waals surface area contributed by atoms with Gasteiger partial charge in [-0.3, -0.25) is 4.79 Å². The topological polar surface area (TPSA) is 41.5 Å². The van der Waals surface area contributed by atoms with Gasteiger partial charge in [0.15, 0.2) is 5.17 Å². The first-order valence-corrected chi connectivity index (χ1v) is 6.30. The van der Waals surface area contributed by atoms with Crippen molar-refractivity contribution in [2.75, 3.05) is 0 Å². The molecule has 1 amide bonds. The maximum atomic E-state index is 11.5. The van der Waals surface area contributed by atoms with E-state index in [-0.39, 0.29) is 5.91 Å². The number of amidine groups is 1. The number of rotatable bonds is 1. The quantitative estimate of drug-likeness (QED) is 0.792. The molecule has 3 nitrogen and oxygen atoms in total. The summed E-state index contributed by atoms with van der Waals surface area (Å²) < 4.78 is 0. The van der Waals surface area contributed by atoms with Crippen LogP contribution in [0, 0.1) is 6.92 Å². The van der Waals surface area contributed by atoms with Gasteiger partial charge in [0.2, 0.25) is 0 Å². The average molecular weight is 267 g/mol. The van der Waals surface area contributed by atoms with E-state index >= 15 is 0 Å². The minimum Gasteiger partial charge on any atom is -0.300 e. The highest BCUT2D eigenvalue weighted by atomic mass is 35.5. The molecule has 1 aliphatic heterocycles. The van der Waals surface area contributed by atoms with Crippen LogP contribution in [0.25, 0.3) is 0 Å². The lowest BCUT2D eigenvalue weighted by molar-refractivity contribution is -0.115. The predicted molar refractivity (Wildman–Crippen MR) is 72.8 cm³/mol. The van der Waals surface area contributed by atoms with Gasteiger partial charge in [-0.1, -0.05) is 23.7 Å². The second kappa shape index (κ2) is 4.94.